The van der Waals surface area contributed by atoms with Crippen LogP contribution in [0.25, 0.3) is 5.57 Å². The largest absolute Gasteiger partial charge is 0.497 e. The summed E-state index contributed by atoms with van der Waals surface area (Å²) >= 11 is 0. The van der Waals surface area contributed by atoms with Gasteiger partial charge in [-0.3, -0.25) is 4.79 Å². The predicted molar refractivity (Wildman–Crippen MR) is 86.9 cm³/mol. The molecule has 3 heteroatoms. The number of ether oxygens (including phenoxy) is 1. The van der Waals surface area contributed by atoms with E-state index in [2.05, 4.69) is 0 Å². The van der Waals surface area contributed by atoms with E-state index in [4.69, 9.17) is 4.74 Å². The fourth-order valence-corrected chi connectivity index (χ4v) is 2.14. The molecule has 21 heavy (non-hydrogen) atoms. The molecular weight excluding hydrogens is 262 g/mol. The Morgan fingerprint density at radius 3 is 1.90 bits per heavy atom. The van der Waals surface area contributed by atoms with Gasteiger partial charge in [-0.25, -0.2) is 0 Å². The molecule has 2 aromatic rings. The van der Waals surface area contributed by atoms with E-state index in [0.717, 1.165) is 34.4 Å². The molecule has 0 aromatic heterocycles. The smallest absolute Gasteiger partial charge is 0.143 e. The quantitative estimate of drug-likeness (QED) is 0.621. The number of hydrogen-bond acceptors (Lipinski definition) is 3. The van der Waals surface area contributed by atoms with Gasteiger partial charge in [0.25, 0.3) is 0 Å². The Morgan fingerprint density at radius 2 is 1.48 bits per heavy atom. The summed E-state index contributed by atoms with van der Waals surface area (Å²) < 4.78 is 5.16. The summed E-state index contributed by atoms with van der Waals surface area (Å²) in [5.41, 5.74) is 4.02. The third kappa shape index (κ3) is 3.51. The first-order valence-electron chi connectivity index (χ1n) is 6.73. The maximum absolute atomic E-state index is 11.0. The second-order valence-corrected chi connectivity index (χ2v) is 4.89. The lowest BCUT2D eigenvalue weighted by Gasteiger charge is -2.14. The van der Waals surface area contributed by atoms with E-state index in [-0.39, 0.29) is 0 Å². The zero-order valence-electron chi connectivity index (χ0n) is 12.5. The van der Waals surface area contributed by atoms with Gasteiger partial charge in [0.15, 0.2) is 0 Å². The number of rotatable bonds is 5. The molecule has 0 aliphatic heterocycles. The van der Waals surface area contributed by atoms with Crippen LogP contribution in [0.2, 0.25) is 0 Å². The molecule has 0 N–H and O–H groups in total. The van der Waals surface area contributed by atoms with E-state index >= 15 is 0 Å². The van der Waals surface area contributed by atoms with Crippen molar-refractivity contribution in [3.05, 3.63) is 65.7 Å². The number of nitrogens with zero attached hydrogens (tertiary/aromatic N) is 1. The maximum Gasteiger partial charge on any atom is 0.143 e. The van der Waals surface area contributed by atoms with Crippen molar-refractivity contribution in [1.29, 1.82) is 0 Å². The van der Waals surface area contributed by atoms with E-state index < -0.39 is 0 Å². The third-order valence-electron chi connectivity index (χ3n) is 3.33. The molecule has 0 aliphatic carbocycles. The minimum Gasteiger partial charge on any atom is -0.497 e. The Bertz CT molecular complexity index is 625. The van der Waals surface area contributed by atoms with E-state index in [1.807, 2.05) is 67.5 Å². The van der Waals surface area contributed by atoms with Crippen LogP contribution < -0.4 is 9.64 Å². The highest BCUT2D eigenvalue weighted by Gasteiger charge is 2.06. The summed E-state index contributed by atoms with van der Waals surface area (Å²) in [5.74, 6) is 0.798. The van der Waals surface area contributed by atoms with Gasteiger partial charge in [-0.2, -0.15) is 0 Å². The molecule has 2 rings (SSSR count). The number of carbonyl (C=O) groups excluding carboxylic acids is 1. The summed E-state index contributed by atoms with van der Waals surface area (Å²) in [6.07, 6.45) is 2.41. The molecule has 0 fully saturated rings. The monoisotopic (exact) mass is 281 g/mol. The van der Waals surface area contributed by atoms with Gasteiger partial charge in [-0.05, 0) is 47.0 Å². The Kier molecular flexibility index (Phi) is 4.77. The van der Waals surface area contributed by atoms with Gasteiger partial charge in [0.2, 0.25) is 0 Å². The third-order valence-corrected chi connectivity index (χ3v) is 3.33. The number of anilines is 1. The highest BCUT2D eigenvalue weighted by atomic mass is 16.5. The van der Waals surface area contributed by atoms with Crippen LogP contribution in [0.5, 0.6) is 5.75 Å². The average molecular weight is 281 g/mol. The SMILES string of the molecule is COc1ccc(/C(=C\C=O)c2ccc(N(C)C)cc2)cc1. The van der Waals surface area contributed by atoms with E-state index in [1.54, 1.807) is 13.2 Å². The predicted octanol–water partition coefficient (Wildman–Crippen LogP) is 3.39. The summed E-state index contributed by atoms with van der Waals surface area (Å²) in [7, 11) is 5.64. The molecule has 0 unspecified atom stereocenters. The first-order valence-corrected chi connectivity index (χ1v) is 6.73. The molecule has 0 saturated carbocycles. The minimum atomic E-state index is 0.798. The van der Waals surface area contributed by atoms with Crippen molar-refractivity contribution in [2.75, 3.05) is 26.1 Å². The number of benzene rings is 2. The molecule has 0 aliphatic rings. The van der Waals surface area contributed by atoms with Gasteiger partial charge in [0.1, 0.15) is 12.0 Å². The molecule has 0 heterocycles. The van der Waals surface area contributed by atoms with Crippen LogP contribution in [0, 0.1) is 0 Å². The van der Waals surface area contributed by atoms with Crippen LogP contribution in [0.15, 0.2) is 54.6 Å². The van der Waals surface area contributed by atoms with Crippen molar-refractivity contribution >= 4 is 17.5 Å². The summed E-state index contributed by atoms with van der Waals surface area (Å²) in [4.78, 5) is 13.0. The molecule has 0 radical (unpaired) electrons. The fraction of sp³-hybridized carbons (Fsp3) is 0.167. The molecule has 3 nitrogen and oxygen atoms in total. The Labute approximate surface area is 125 Å². The van der Waals surface area contributed by atoms with Gasteiger partial charge in [0.05, 0.1) is 7.11 Å². The lowest BCUT2D eigenvalue weighted by molar-refractivity contribution is -0.104. The van der Waals surface area contributed by atoms with E-state index in [0.29, 0.717) is 0 Å². The maximum atomic E-state index is 11.0. The molecule has 0 bridgehead atoms. The van der Waals surface area contributed by atoms with Gasteiger partial charge >= 0.3 is 0 Å². The van der Waals surface area contributed by atoms with E-state index in [1.165, 1.54) is 0 Å². The number of aldehydes is 1. The lowest BCUT2D eigenvalue weighted by atomic mass is 9.97. The molecule has 0 amide bonds. The Hall–Kier alpha value is -2.55. The lowest BCUT2D eigenvalue weighted by Crippen LogP contribution is -2.08. The normalized spacial score (nSPS) is 11.1. The first-order chi connectivity index (χ1) is 10.2. The topological polar surface area (TPSA) is 29.5 Å². The van der Waals surface area contributed by atoms with Crippen molar-refractivity contribution in [2.24, 2.45) is 0 Å². The Balaban J connectivity index is 2.38. The summed E-state index contributed by atoms with van der Waals surface area (Å²) in [6, 6.07) is 15.8. The second kappa shape index (κ2) is 6.75. The highest BCUT2D eigenvalue weighted by Crippen LogP contribution is 2.26. The van der Waals surface area contributed by atoms with Crippen LogP contribution in [0.4, 0.5) is 5.69 Å². The minimum absolute atomic E-state index is 0.798. The molecule has 108 valence electrons. The molecule has 0 atom stereocenters. The summed E-state index contributed by atoms with van der Waals surface area (Å²) in [5, 5.41) is 0. The van der Waals surface area contributed by atoms with Crippen molar-refractivity contribution < 1.29 is 9.53 Å². The van der Waals surface area contributed by atoms with Crippen LogP contribution in [-0.4, -0.2) is 27.5 Å². The summed E-state index contributed by atoms with van der Waals surface area (Å²) in [6.45, 7) is 0. The average Bonchev–Trinajstić information content (AvgIpc) is 2.53. The number of methoxy groups -OCH3 is 1. The molecule has 0 spiro atoms. The van der Waals surface area contributed by atoms with Crippen LogP contribution in [0.3, 0.4) is 0 Å². The first kappa shape index (κ1) is 14.9. The number of hydrogen-bond donors (Lipinski definition) is 0. The Morgan fingerprint density at radius 1 is 0.952 bits per heavy atom. The van der Waals surface area contributed by atoms with Gasteiger partial charge in [-0.1, -0.05) is 24.3 Å². The standard InChI is InChI=1S/C18H19NO2/c1-19(2)16-8-4-14(5-9-16)18(12-13-20)15-6-10-17(21-3)11-7-15/h4-13H,1-3H3/b18-12-. The molecule has 0 saturated heterocycles. The van der Waals surface area contributed by atoms with Crippen molar-refractivity contribution in [2.45, 2.75) is 0 Å². The number of carbonyl (C=O) groups is 1. The zero-order chi connectivity index (χ0) is 15.2. The van der Waals surface area contributed by atoms with Gasteiger partial charge in [-0.15, -0.1) is 0 Å². The fourth-order valence-electron chi connectivity index (χ4n) is 2.14. The zero-order valence-corrected chi connectivity index (χ0v) is 12.5. The van der Waals surface area contributed by atoms with Crippen molar-refractivity contribution in [3.63, 3.8) is 0 Å². The molecule has 2 aromatic carbocycles. The molecular formula is C18H19NO2. The van der Waals surface area contributed by atoms with Crippen LogP contribution >= 0.6 is 0 Å². The highest BCUT2D eigenvalue weighted by molar-refractivity contribution is 5.90. The van der Waals surface area contributed by atoms with Crippen molar-refractivity contribution in [3.8, 4) is 5.75 Å². The second-order valence-electron chi connectivity index (χ2n) is 4.89. The van der Waals surface area contributed by atoms with Crippen LogP contribution in [0.1, 0.15) is 11.1 Å². The van der Waals surface area contributed by atoms with Crippen molar-refractivity contribution in [1.82, 2.24) is 0 Å². The van der Waals surface area contributed by atoms with Gasteiger partial charge in [0, 0.05) is 19.8 Å². The van der Waals surface area contributed by atoms with Crippen LogP contribution in [-0.2, 0) is 4.79 Å². The number of allylic oxidation sites excluding steroid dienone is 1. The van der Waals surface area contributed by atoms with Gasteiger partial charge < -0.3 is 9.64 Å². The van der Waals surface area contributed by atoms with E-state index in [9.17, 15) is 4.79 Å².